The van der Waals surface area contributed by atoms with Crippen LogP contribution in [0.3, 0.4) is 0 Å². The van der Waals surface area contributed by atoms with E-state index in [-0.39, 0.29) is 11.4 Å². The molecule has 8 heteroatoms. The van der Waals surface area contributed by atoms with Crippen molar-refractivity contribution >= 4 is 11.9 Å². The van der Waals surface area contributed by atoms with Crippen LogP contribution in [0.15, 0.2) is 24.3 Å². The monoisotopic (exact) mass is 292 g/mol. The van der Waals surface area contributed by atoms with Gasteiger partial charge in [0.1, 0.15) is 17.6 Å². The number of carbonyl (C=O) groups excluding carboxylic acids is 1. The van der Waals surface area contributed by atoms with Crippen molar-refractivity contribution in [1.29, 1.82) is 0 Å². The first-order chi connectivity index (χ1) is 9.95. The van der Waals surface area contributed by atoms with Gasteiger partial charge in [-0.2, -0.15) is 0 Å². The number of carbonyl (C=O) groups is 2. The Hall–Kier alpha value is -2.77. The van der Waals surface area contributed by atoms with E-state index in [0.29, 0.717) is 12.0 Å². The van der Waals surface area contributed by atoms with Gasteiger partial charge in [-0.25, -0.2) is 13.9 Å². The van der Waals surface area contributed by atoms with Crippen LogP contribution in [-0.2, 0) is 4.79 Å². The molecule has 0 fully saturated rings. The quantitative estimate of drug-likeness (QED) is 0.860. The lowest BCUT2D eigenvalue weighted by molar-refractivity contribution is -0.121. The van der Waals surface area contributed by atoms with Gasteiger partial charge in [0.15, 0.2) is 5.69 Å². The van der Waals surface area contributed by atoms with E-state index in [9.17, 15) is 19.1 Å². The zero-order valence-electron chi connectivity index (χ0n) is 11.2. The largest absolute Gasteiger partial charge is 0.476 e. The number of nitrogens with zero attached hydrogens (tertiary/aromatic N) is 3. The van der Waals surface area contributed by atoms with Crippen LogP contribution >= 0.6 is 0 Å². The lowest BCUT2D eigenvalue weighted by Gasteiger charge is -2.14. The van der Waals surface area contributed by atoms with Crippen LogP contribution in [0.25, 0.3) is 11.3 Å². The molecule has 3 N–H and O–H groups in total. The molecule has 1 aromatic carbocycles. The standard InChI is InChI=1S/C13H13FN4O3/c1-2-9(12(15)19)18-11(10(13(20)21)16-17-18)7-3-5-8(14)6-4-7/h3-6,9H,2H2,1H3,(H2,15,19)(H,20,21). The van der Waals surface area contributed by atoms with E-state index in [1.54, 1.807) is 6.92 Å². The van der Waals surface area contributed by atoms with Gasteiger partial charge in [-0.3, -0.25) is 4.79 Å². The van der Waals surface area contributed by atoms with E-state index < -0.39 is 23.7 Å². The summed E-state index contributed by atoms with van der Waals surface area (Å²) in [5.41, 5.74) is 5.49. The first-order valence-electron chi connectivity index (χ1n) is 6.19. The minimum absolute atomic E-state index is 0.119. The Bertz CT molecular complexity index is 681. The molecule has 0 saturated carbocycles. The molecule has 0 bridgehead atoms. The zero-order valence-corrected chi connectivity index (χ0v) is 11.2. The number of primary amides is 1. The van der Waals surface area contributed by atoms with Crippen LogP contribution in [-0.4, -0.2) is 32.0 Å². The molecule has 1 atom stereocenters. The van der Waals surface area contributed by atoms with Crippen molar-refractivity contribution in [2.45, 2.75) is 19.4 Å². The minimum atomic E-state index is -1.29. The van der Waals surface area contributed by atoms with E-state index in [0.717, 1.165) is 0 Å². The van der Waals surface area contributed by atoms with E-state index in [1.807, 2.05) is 0 Å². The highest BCUT2D eigenvalue weighted by Gasteiger charge is 2.26. The molecule has 110 valence electrons. The highest BCUT2D eigenvalue weighted by atomic mass is 19.1. The van der Waals surface area contributed by atoms with Gasteiger partial charge in [0.2, 0.25) is 5.91 Å². The molecule has 0 aliphatic carbocycles. The molecule has 2 rings (SSSR count). The highest BCUT2D eigenvalue weighted by Crippen LogP contribution is 2.26. The number of aromatic carboxylic acids is 1. The number of hydrogen-bond acceptors (Lipinski definition) is 4. The Balaban J connectivity index is 2.65. The predicted octanol–water partition coefficient (Wildman–Crippen LogP) is 1.22. The summed E-state index contributed by atoms with van der Waals surface area (Å²) in [6, 6.07) is 4.33. The van der Waals surface area contributed by atoms with Gasteiger partial charge in [0, 0.05) is 5.56 Å². The Morgan fingerprint density at radius 2 is 2.00 bits per heavy atom. The van der Waals surface area contributed by atoms with Gasteiger partial charge in [0.05, 0.1) is 0 Å². The predicted molar refractivity (Wildman–Crippen MR) is 70.9 cm³/mol. The third-order valence-electron chi connectivity index (χ3n) is 3.03. The molecule has 21 heavy (non-hydrogen) atoms. The average molecular weight is 292 g/mol. The number of hydrogen-bond donors (Lipinski definition) is 2. The van der Waals surface area contributed by atoms with Gasteiger partial charge < -0.3 is 10.8 Å². The Labute approximate surface area is 119 Å². The Morgan fingerprint density at radius 1 is 1.38 bits per heavy atom. The van der Waals surface area contributed by atoms with Crippen molar-refractivity contribution in [3.63, 3.8) is 0 Å². The van der Waals surface area contributed by atoms with Crippen molar-refractivity contribution in [1.82, 2.24) is 15.0 Å². The van der Waals surface area contributed by atoms with Crippen molar-refractivity contribution in [2.24, 2.45) is 5.73 Å². The number of rotatable bonds is 5. The molecular formula is C13H13FN4O3. The summed E-state index contributed by atoms with van der Waals surface area (Å²) in [6.45, 7) is 1.71. The van der Waals surface area contributed by atoms with E-state index >= 15 is 0 Å². The van der Waals surface area contributed by atoms with Crippen LogP contribution in [0.1, 0.15) is 29.9 Å². The first kappa shape index (κ1) is 14.6. The number of aromatic nitrogens is 3. The summed E-state index contributed by atoms with van der Waals surface area (Å²) in [6.07, 6.45) is 0.325. The summed E-state index contributed by atoms with van der Waals surface area (Å²) < 4.78 is 14.2. The topological polar surface area (TPSA) is 111 Å². The molecule has 1 amide bonds. The fraction of sp³-hybridized carbons (Fsp3) is 0.231. The van der Waals surface area contributed by atoms with Crippen LogP contribution in [0.4, 0.5) is 4.39 Å². The molecule has 1 aromatic heterocycles. The fourth-order valence-corrected chi connectivity index (χ4v) is 2.03. The van der Waals surface area contributed by atoms with E-state index in [4.69, 9.17) is 5.73 Å². The number of halogens is 1. The summed E-state index contributed by atoms with van der Waals surface area (Å²) in [5.74, 6) is -2.40. The molecule has 0 aliphatic rings. The van der Waals surface area contributed by atoms with Crippen molar-refractivity contribution in [3.05, 3.63) is 35.8 Å². The molecular weight excluding hydrogens is 279 g/mol. The molecule has 0 radical (unpaired) electrons. The zero-order chi connectivity index (χ0) is 15.6. The van der Waals surface area contributed by atoms with Gasteiger partial charge in [-0.1, -0.05) is 12.1 Å². The summed E-state index contributed by atoms with van der Waals surface area (Å²) >= 11 is 0. The highest BCUT2D eigenvalue weighted by molar-refractivity contribution is 5.93. The number of carboxylic acid groups (broad SMARTS) is 1. The summed E-state index contributed by atoms with van der Waals surface area (Å²) in [4.78, 5) is 22.7. The molecule has 1 heterocycles. The van der Waals surface area contributed by atoms with Crippen LogP contribution in [0, 0.1) is 5.82 Å². The van der Waals surface area contributed by atoms with Crippen LogP contribution in [0.5, 0.6) is 0 Å². The number of benzene rings is 1. The molecule has 2 aromatic rings. The second kappa shape index (κ2) is 5.70. The third-order valence-corrected chi connectivity index (χ3v) is 3.03. The Kier molecular flexibility index (Phi) is 3.97. The van der Waals surface area contributed by atoms with E-state index in [2.05, 4.69) is 10.3 Å². The molecule has 0 spiro atoms. The maximum atomic E-state index is 13.0. The van der Waals surface area contributed by atoms with Crippen molar-refractivity contribution in [2.75, 3.05) is 0 Å². The van der Waals surface area contributed by atoms with Crippen LogP contribution < -0.4 is 5.73 Å². The van der Waals surface area contributed by atoms with Gasteiger partial charge in [0.25, 0.3) is 0 Å². The van der Waals surface area contributed by atoms with Crippen molar-refractivity contribution in [3.8, 4) is 11.3 Å². The lowest BCUT2D eigenvalue weighted by Crippen LogP contribution is -2.27. The minimum Gasteiger partial charge on any atom is -0.476 e. The molecule has 7 nitrogen and oxygen atoms in total. The molecule has 0 aliphatic heterocycles. The normalized spacial score (nSPS) is 12.1. The van der Waals surface area contributed by atoms with Gasteiger partial charge >= 0.3 is 5.97 Å². The number of amides is 1. The van der Waals surface area contributed by atoms with Gasteiger partial charge in [-0.15, -0.1) is 5.10 Å². The second-order valence-electron chi connectivity index (χ2n) is 4.37. The van der Waals surface area contributed by atoms with E-state index in [1.165, 1.54) is 28.9 Å². The van der Waals surface area contributed by atoms with Gasteiger partial charge in [-0.05, 0) is 30.7 Å². The second-order valence-corrected chi connectivity index (χ2v) is 4.37. The number of carboxylic acids is 1. The average Bonchev–Trinajstić information content (AvgIpc) is 2.85. The smallest absolute Gasteiger partial charge is 0.358 e. The fourth-order valence-electron chi connectivity index (χ4n) is 2.03. The summed E-state index contributed by atoms with van der Waals surface area (Å²) in [7, 11) is 0. The summed E-state index contributed by atoms with van der Waals surface area (Å²) in [5, 5.41) is 16.5. The van der Waals surface area contributed by atoms with Crippen LogP contribution in [0.2, 0.25) is 0 Å². The maximum absolute atomic E-state index is 13.0. The Morgan fingerprint density at radius 3 is 2.48 bits per heavy atom. The SMILES string of the molecule is CCC(C(N)=O)n1nnc(C(=O)O)c1-c1ccc(F)cc1. The molecule has 0 saturated heterocycles. The number of nitrogens with two attached hydrogens (primary N) is 1. The lowest BCUT2D eigenvalue weighted by atomic mass is 10.1. The molecule has 1 unspecified atom stereocenters. The maximum Gasteiger partial charge on any atom is 0.358 e. The third kappa shape index (κ3) is 2.73. The van der Waals surface area contributed by atoms with Crippen molar-refractivity contribution < 1.29 is 19.1 Å². The first-order valence-corrected chi connectivity index (χ1v) is 6.19.